The lowest BCUT2D eigenvalue weighted by atomic mass is 10.1. The van der Waals surface area contributed by atoms with E-state index in [0.29, 0.717) is 0 Å². The second kappa shape index (κ2) is 4.59. The van der Waals surface area contributed by atoms with Gasteiger partial charge in [-0.25, -0.2) is 0 Å². The molecule has 0 spiro atoms. The highest BCUT2D eigenvalue weighted by molar-refractivity contribution is 4.74. The SMILES string of the molecule is NC[C@H](O)[C@@H](O)[C@H](O)CO. The van der Waals surface area contributed by atoms with E-state index in [9.17, 15) is 0 Å². The van der Waals surface area contributed by atoms with E-state index in [4.69, 9.17) is 26.2 Å². The van der Waals surface area contributed by atoms with Crippen molar-refractivity contribution >= 4 is 0 Å². The molecule has 0 fully saturated rings. The Hall–Kier alpha value is -0.200. The molecule has 5 nitrogen and oxygen atoms in total. The molecule has 0 radical (unpaired) electrons. The van der Waals surface area contributed by atoms with E-state index in [0.717, 1.165) is 0 Å². The van der Waals surface area contributed by atoms with E-state index in [-0.39, 0.29) is 6.54 Å². The molecule has 0 bridgehead atoms. The molecule has 0 saturated heterocycles. The smallest absolute Gasteiger partial charge is 0.109 e. The quantitative estimate of drug-likeness (QED) is 0.295. The van der Waals surface area contributed by atoms with Crippen molar-refractivity contribution < 1.29 is 20.4 Å². The molecular weight excluding hydrogens is 138 g/mol. The van der Waals surface area contributed by atoms with E-state index in [1.807, 2.05) is 0 Å². The molecule has 0 aromatic rings. The van der Waals surface area contributed by atoms with Gasteiger partial charge in [0.05, 0.1) is 12.7 Å². The van der Waals surface area contributed by atoms with Crippen LogP contribution in [0.2, 0.25) is 0 Å². The molecule has 3 atom stereocenters. The fourth-order valence-electron chi connectivity index (χ4n) is 0.504. The van der Waals surface area contributed by atoms with Crippen molar-refractivity contribution in [2.75, 3.05) is 13.2 Å². The van der Waals surface area contributed by atoms with Crippen molar-refractivity contribution in [3.63, 3.8) is 0 Å². The van der Waals surface area contributed by atoms with Gasteiger partial charge in [0.25, 0.3) is 0 Å². The van der Waals surface area contributed by atoms with E-state index in [1.54, 1.807) is 0 Å². The number of hydrogen-bond acceptors (Lipinski definition) is 5. The molecule has 0 aliphatic carbocycles. The van der Waals surface area contributed by atoms with Crippen molar-refractivity contribution in [1.82, 2.24) is 0 Å². The molecule has 0 unspecified atom stereocenters. The predicted octanol–water partition coefficient (Wildman–Crippen LogP) is -2.98. The highest BCUT2D eigenvalue weighted by Gasteiger charge is 2.22. The van der Waals surface area contributed by atoms with Gasteiger partial charge in [-0.1, -0.05) is 0 Å². The molecule has 5 heteroatoms. The van der Waals surface area contributed by atoms with Crippen molar-refractivity contribution in [3.05, 3.63) is 0 Å². The van der Waals surface area contributed by atoms with E-state index < -0.39 is 24.9 Å². The van der Waals surface area contributed by atoms with Gasteiger partial charge in [-0.15, -0.1) is 0 Å². The Bertz CT molecular complexity index is 79.7. The molecule has 62 valence electrons. The summed E-state index contributed by atoms with van der Waals surface area (Å²) in [7, 11) is 0. The molecule has 0 rings (SSSR count). The largest absolute Gasteiger partial charge is 0.394 e. The summed E-state index contributed by atoms with van der Waals surface area (Å²) in [4.78, 5) is 0. The van der Waals surface area contributed by atoms with Crippen LogP contribution in [0.3, 0.4) is 0 Å². The lowest BCUT2D eigenvalue weighted by Crippen LogP contribution is -2.43. The first-order valence-electron chi connectivity index (χ1n) is 2.98. The standard InChI is InChI=1S/C5H13NO4/c6-1-3(8)5(10)4(9)2-7/h3-5,7-10H,1-2,6H2/t3-,4+,5+/m0/s1. The molecule has 0 saturated carbocycles. The Morgan fingerprint density at radius 3 is 1.90 bits per heavy atom. The van der Waals surface area contributed by atoms with Gasteiger partial charge in [0, 0.05) is 6.54 Å². The van der Waals surface area contributed by atoms with Gasteiger partial charge in [-0.05, 0) is 0 Å². The average molecular weight is 151 g/mol. The maximum absolute atomic E-state index is 8.85. The summed E-state index contributed by atoms with van der Waals surface area (Å²) in [6, 6.07) is 0. The first kappa shape index (κ1) is 9.80. The Morgan fingerprint density at radius 2 is 1.60 bits per heavy atom. The topological polar surface area (TPSA) is 107 Å². The van der Waals surface area contributed by atoms with Gasteiger partial charge in [-0.2, -0.15) is 0 Å². The first-order chi connectivity index (χ1) is 4.63. The van der Waals surface area contributed by atoms with Gasteiger partial charge in [0.2, 0.25) is 0 Å². The van der Waals surface area contributed by atoms with Crippen LogP contribution in [0.5, 0.6) is 0 Å². The maximum Gasteiger partial charge on any atom is 0.109 e. The Kier molecular flexibility index (Phi) is 4.50. The number of hydrogen-bond donors (Lipinski definition) is 5. The van der Waals surface area contributed by atoms with Crippen LogP contribution in [0, 0.1) is 0 Å². The molecule has 0 aliphatic heterocycles. The zero-order valence-corrected chi connectivity index (χ0v) is 5.51. The van der Waals surface area contributed by atoms with Crippen molar-refractivity contribution in [2.45, 2.75) is 18.3 Å². The summed E-state index contributed by atoms with van der Waals surface area (Å²) in [5.41, 5.74) is 4.96. The van der Waals surface area contributed by atoms with E-state index in [1.165, 1.54) is 0 Å². The van der Waals surface area contributed by atoms with Crippen LogP contribution in [0.1, 0.15) is 0 Å². The van der Waals surface area contributed by atoms with Gasteiger partial charge < -0.3 is 26.2 Å². The van der Waals surface area contributed by atoms with Gasteiger partial charge in [0.1, 0.15) is 12.2 Å². The fraction of sp³-hybridized carbons (Fsp3) is 1.00. The van der Waals surface area contributed by atoms with E-state index in [2.05, 4.69) is 0 Å². The van der Waals surface area contributed by atoms with Gasteiger partial charge in [0.15, 0.2) is 0 Å². The highest BCUT2D eigenvalue weighted by Crippen LogP contribution is 1.97. The minimum atomic E-state index is -1.37. The van der Waals surface area contributed by atoms with Crippen LogP contribution >= 0.6 is 0 Å². The summed E-state index contributed by atoms with van der Waals surface area (Å²) in [6.07, 6.45) is -3.87. The van der Waals surface area contributed by atoms with Crippen molar-refractivity contribution in [3.8, 4) is 0 Å². The zero-order chi connectivity index (χ0) is 8.15. The number of aliphatic hydroxyl groups excluding tert-OH is 4. The molecular formula is C5H13NO4. The van der Waals surface area contributed by atoms with Gasteiger partial charge in [-0.3, -0.25) is 0 Å². The van der Waals surface area contributed by atoms with E-state index >= 15 is 0 Å². The summed E-state index contributed by atoms with van der Waals surface area (Å²) in [5.74, 6) is 0. The third kappa shape index (κ3) is 2.59. The highest BCUT2D eigenvalue weighted by atomic mass is 16.4. The molecule has 0 heterocycles. The Morgan fingerprint density at radius 1 is 1.10 bits per heavy atom. The van der Waals surface area contributed by atoms with Crippen LogP contribution in [-0.4, -0.2) is 51.9 Å². The second-order valence-electron chi connectivity index (χ2n) is 2.04. The molecule has 0 aromatic heterocycles. The van der Waals surface area contributed by atoms with Crippen molar-refractivity contribution in [1.29, 1.82) is 0 Å². The van der Waals surface area contributed by atoms with Gasteiger partial charge >= 0.3 is 0 Å². The second-order valence-corrected chi connectivity index (χ2v) is 2.04. The molecule has 0 aromatic carbocycles. The Labute approximate surface area is 58.7 Å². The average Bonchev–Trinajstić information content (AvgIpc) is 2.00. The zero-order valence-electron chi connectivity index (χ0n) is 5.51. The van der Waals surface area contributed by atoms with Crippen molar-refractivity contribution in [2.24, 2.45) is 5.73 Å². The number of rotatable bonds is 4. The minimum absolute atomic E-state index is 0.141. The first-order valence-corrected chi connectivity index (χ1v) is 2.98. The minimum Gasteiger partial charge on any atom is -0.394 e. The van der Waals surface area contributed by atoms with Crippen LogP contribution in [0.4, 0.5) is 0 Å². The van der Waals surface area contributed by atoms with Crippen LogP contribution in [0.15, 0.2) is 0 Å². The summed E-state index contributed by atoms with van der Waals surface area (Å²) >= 11 is 0. The van der Waals surface area contributed by atoms with Crippen LogP contribution in [-0.2, 0) is 0 Å². The molecule has 0 aliphatic rings. The lowest BCUT2D eigenvalue weighted by Gasteiger charge is -2.19. The summed E-state index contributed by atoms with van der Waals surface area (Å²) in [6.45, 7) is -0.726. The number of aliphatic hydroxyl groups is 4. The number of nitrogens with two attached hydrogens (primary N) is 1. The fourth-order valence-corrected chi connectivity index (χ4v) is 0.504. The molecule has 0 amide bonds. The third-order valence-electron chi connectivity index (χ3n) is 1.22. The normalized spacial score (nSPS) is 20.1. The van der Waals surface area contributed by atoms with Crippen LogP contribution in [0.25, 0.3) is 0 Å². The summed E-state index contributed by atoms with van der Waals surface area (Å²) < 4.78 is 0. The predicted molar refractivity (Wildman–Crippen MR) is 34.2 cm³/mol. The molecule has 10 heavy (non-hydrogen) atoms. The third-order valence-corrected chi connectivity index (χ3v) is 1.22. The lowest BCUT2D eigenvalue weighted by molar-refractivity contribution is -0.0727. The molecule has 6 N–H and O–H groups in total. The maximum atomic E-state index is 8.85. The summed E-state index contributed by atoms with van der Waals surface area (Å²) in [5, 5.41) is 34.6. The Balaban J connectivity index is 3.69. The monoisotopic (exact) mass is 151 g/mol. The van der Waals surface area contributed by atoms with Crippen LogP contribution < -0.4 is 5.73 Å².